The van der Waals surface area contributed by atoms with Crippen LogP contribution in [0.3, 0.4) is 0 Å². The van der Waals surface area contributed by atoms with Gasteiger partial charge in [-0.25, -0.2) is 4.39 Å². The first-order valence-electron chi connectivity index (χ1n) is 9.37. The number of carbonyl (C=O) groups excluding carboxylic acids is 2. The van der Waals surface area contributed by atoms with Crippen LogP contribution in [-0.4, -0.2) is 63.7 Å². The molecule has 0 atom stereocenters. The number of nitrogens with zero attached hydrogens (tertiary/aromatic N) is 3. The first-order valence-corrected chi connectivity index (χ1v) is 9.37. The summed E-state index contributed by atoms with van der Waals surface area (Å²) in [5.41, 5.74) is 1.84. The highest BCUT2D eigenvalue weighted by Gasteiger charge is 2.38. The third-order valence-corrected chi connectivity index (χ3v) is 5.38. The summed E-state index contributed by atoms with van der Waals surface area (Å²) in [5, 5.41) is 0. The number of amides is 1. The Labute approximate surface area is 168 Å². The van der Waals surface area contributed by atoms with Gasteiger partial charge in [0.15, 0.2) is 11.5 Å². The van der Waals surface area contributed by atoms with Crippen molar-refractivity contribution in [2.45, 2.75) is 0 Å². The van der Waals surface area contributed by atoms with Gasteiger partial charge in [0.2, 0.25) is 0 Å². The van der Waals surface area contributed by atoms with Gasteiger partial charge in [0, 0.05) is 37.9 Å². The van der Waals surface area contributed by atoms with E-state index >= 15 is 0 Å². The first kappa shape index (κ1) is 19.2. The van der Waals surface area contributed by atoms with Crippen LogP contribution in [0.2, 0.25) is 0 Å². The zero-order valence-electron chi connectivity index (χ0n) is 16.4. The van der Waals surface area contributed by atoms with Gasteiger partial charge in [-0.15, -0.1) is 0 Å². The third kappa shape index (κ3) is 3.51. The Kier molecular flexibility index (Phi) is 5.10. The van der Waals surface area contributed by atoms with Crippen molar-refractivity contribution in [3.63, 3.8) is 0 Å². The van der Waals surface area contributed by atoms with Crippen LogP contribution in [0.1, 0.15) is 10.4 Å². The fraction of sp³-hybridized carbons (Fsp3) is 0.333. The van der Waals surface area contributed by atoms with E-state index in [0.717, 1.165) is 31.9 Å². The van der Waals surface area contributed by atoms with Crippen LogP contribution in [0.4, 0.5) is 15.8 Å². The van der Waals surface area contributed by atoms with Crippen LogP contribution in [0.25, 0.3) is 0 Å². The molecule has 0 saturated carbocycles. The summed E-state index contributed by atoms with van der Waals surface area (Å²) in [6.45, 7) is 3.26. The number of hydrogen-bond donors (Lipinski definition) is 0. The van der Waals surface area contributed by atoms with Gasteiger partial charge in [0.05, 0.1) is 32.1 Å². The van der Waals surface area contributed by atoms with Crippen LogP contribution < -0.4 is 19.3 Å². The SMILES string of the molecule is COc1cc2c(cc1OC)N(CN1CCN(c3ccc(F)cc3)CC1)C(=O)C2=O. The number of halogens is 1. The summed E-state index contributed by atoms with van der Waals surface area (Å²) in [6, 6.07) is 9.67. The minimum absolute atomic E-state index is 0.254. The number of anilines is 2. The number of piperazine rings is 1. The Hall–Kier alpha value is -3.13. The van der Waals surface area contributed by atoms with Gasteiger partial charge in [0.25, 0.3) is 5.78 Å². The number of carbonyl (C=O) groups is 2. The second kappa shape index (κ2) is 7.71. The predicted octanol–water partition coefficient (Wildman–Crippen LogP) is 2.15. The Balaban J connectivity index is 1.47. The predicted molar refractivity (Wildman–Crippen MR) is 106 cm³/mol. The number of hydrogen-bond acceptors (Lipinski definition) is 6. The number of fused-ring (bicyclic) bond motifs is 1. The van der Waals surface area contributed by atoms with Gasteiger partial charge in [-0.1, -0.05) is 0 Å². The fourth-order valence-electron chi connectivity index (χ4n) is 3.76. The molecular formula is C21H22FN3O4. The lowest BCUT2D eigenvalue weighted by atomic mass is 10.1. The quantitative estimate of drug-likeness (QED) is 0.718. The van der Waals surface area contributed by atoms with E-state index < -0.39 is 11.7 Å². The maximum absolute atomic E-state index is 13.1. The van der Waals surface area contributed by atoms with Gasteiger partial charge < -0.3 is 14.4 Å². The third-order valence-electron chi connectivity index (χ3n) is 5.38. The Morgan fingerprint density at radius 2 is 1.55 bits per heavy atom. The van der Waals surface area contributed by atoms with Crippen molar-refractivity contribution in [1.29, 1.82) is 0 Å². The molecule has 0 unspecified atom stereocenters. The highest BCUT2D eigenvalue weighted by molar-refractivity contribution is 6.52. The minimum atomic E-state index is -0.545. The molecule has 2 heterocycles. The molecule has 7 nitrogen and oxygen atoms in total. The summed E-state index contributed by atoms with van der Waals surface area (Å²) in [4.78, 5) is 30.8. The molecule has 8 heteroatoms. The molecule has 2 aliphatic rings. The van der Waals surface area contributed by atoms with Gasteiger partial charge in [-0.05, 0) is 30.3 Å². The monoisotopic (exact) mass is 399 g/mol. The lowest BCUT2D eigenvalue weighted by molar-refractivity contribution is -0.114. The standard InChI is InChI=1S/C21H22FN3O4/c1-28-18-11-16-17(12-19(18)29-2)25(21(27)20(16)26)13-23-7-9-24(10-8-23)15-5-3-14(22)4-6-15/h3-6,11-12H,7-10,13H2,1-2H3. The van der Waals surface area contributed by atoms with E-state index in [0.29, 0.717) is 29.4 Å². The van der Waals surface area contributed by atoms with Crippen molar-refractivity contribution in [1.82, 2.24) is 4.90 Å². The second-order valence-electron chi connectivity index (χ2n) is 7.01. The molecule has 1 saturated heterocycles. The molecule has 0 aromatic heterocycles. The van der Waals surface area contributed by atoms with Crippen LogP contribution >= 0.6 is 0 Å². The van der Waals surface area contributed by atoms with Crippen molar-refractivity contribution in [3.8, 4) is 11.5 Å². The summed E-state index contributed by atoms with van der Waals surface area (Å²) in [5.74, 6) is -0.445. The molecule has 4 rings (SSSR count). The van der Waals surface area contributed by atoms with Gasteiger partial charge in [-0.3, -0.25) is 19.4 Å². The van der Waals surface area contributed by atoms with Crippen LogP contribution in [-0.2, 0) is 4.79 Å². The van der Waals surface area contributed by atoms with Gasteiger partial charge >= 0.3 is 5.91 Å². The summed E-state index contributed by atoms with van der Waals surface area (Å²) < 4.78 is 23.7. The Bertz CT molecular complexity index is 940. The molecule has 152 valence electrons. The maximum atomic E-state index is 13.1. The second-order valence-corrected chi connectivity index (χ2v) is 7.01. The number of rotatable bonds is 5. The molecule has 1 fully saturated rings. The number of benzene rings is 2. The van der Waals surface area contributed by atoms with E-state index in [1.807, 2.05) is 0 Å². The van der Waals surface area contributed by atoms with Crippen LogP contribution in [0.15, 0.2) is 36.4 Å². The Morgan fingerprint density at radius 1 is 0.931 bits per heavy atom. The molecule has 2 aromatic carbocycles. The largest absolute Gasteiger partial charge is 0.493 e. The highest BCUT2D eigenvalue weighted by atomic mass is 19.1. The van der Waals surface area contributed by atoms with Gasteiger partial charge in [0.1, 0.15) is 5.82 Å². The van der Waals surface area contributed by atoms with Crippen LogP contribution in [0, 0.1) is 5.82 Å². The Morgan fingerprint density at radius 3 is 2.17 bits per heavy atom. The van der Waals surface area contributed by atoms with Crippen molar-refractivity contribution in [3.05, 3.63) is 47.8 Å². The molecule has 0 bridgehead atoms. The summed E-state index contributed by atoms with van der Waals surface area (Å²) in [7, 11) is 3.01. The number of methoxy groups -OCH3 is 2. The number of ketones is 1. The van der Waals surface area contributed by atoms with Crippen molar-refractivity contribution >= 4 is 23.1 Å². The van der Waals surface area contributed by atoms with E-state index in [4.69, 9.17) is 9.47 Å². The lowest BCUT2D eigenvalue weighted by Crippen LogP contribution is -2.51. The molecular weight excluding hydrogens is 377 g/mol. The maximum Gasteiger partial charge on any atom is 0.300 e. The van der Waals surface area contributed by atoms with E-state index in [9.17, 15) is 14.0 Å². The first-order chi connectivity index (χ1) is 14.0. The van der Waals surface area contributed by atoms with Crippen molar-refractivity contribution < 1.29 is 23.5 Å². The summed E-state index contributed by atoms with van der Waals surface area (Å²) >= 11 is 0. The number of Topliss-reactive ketones (excluding diaryl/α,β-unsaturated/α-hetero) is 1. The van der Waals surface area contributed by atoms with E-state index in [1.54, 1.807) is 24.3 Å². The highest BCUT2D eigenvalue weighted by Crippen LogP contribution is 2.39. The normalized spacial score (nSPS) is 16.9. The smallest absolute Gasteiger partial charge is 0.300 e. The molecule has 0 N–H and O–H groups in total. The van der Waals surface area contributed by atoms with Gasteiger partial charge in [-0.2, -0.15) is 0 Å². The lowest BCUT2D eigenvalue weighted by Gasteiger charge is -2.37. The van der Waals surface area contributed by atoms with Crippen LogP contribution in [0.5, 0.6) is 11.5 Å². The molecule has 2 aromatic rings. The molecule has 0 aliphatic carbocycles. The average molecular weight is 399 g/mol. The fourth-order valence-corrected chi connectivity index (χ4v) is 3.76. The van der Waals surface area contributed by atoms with E-state index in [1.165, 1.54) is 31.3 Å². The molecule has 2 aliphatic heterocycles. The summed E-state index contributed by atoms with van der Waals surface area (Å²) in [6.07, 6.45) is 0. The van der Waals surface area contributed by atoms with E-state index in [2.05, 4.69) is 9.80 Å². The van der Waals surface area contributed by atoms with E-state index in [-0.39, 0.29) is 5.82 Å². The topological polar surface area (TPSA) is 62.3 Å². The zero-order valence-corrected chi connectivity index (χ0v) is 16.4. The molecule has 1 amide bonds. The van der Waals surface area contributed by atoms with Crippen molar-refractivity contribution in [2.24, 2.45) is 0 Å². The molecule has 0 spiro atoms. The zero-order chi connectivity index (χ0) is 20.5. The average Bonchev–Trinajstić information content (AvgIpc) is 2.98. The molecule has 29 heavy (non-hydrogen) atoms. The molecule has 0 radical (unpaired) electrons. The van der Waals surface area contributed by atoms with Crippen molar-refractivity contribution in [2.75, 3.05) is 56.9 Å². The number of ether oxygens (including phenoxy) is 2. The minimum Gasteiger partial charge on any atom is -0.493 e.